The fourth-order valence-corrected chi connectivity index (χ4v) is 1.76. The van der Waals surface area contributed by atoms with Crippen molar-refractivity contribution in [2.45, 2.75) is 33.7 Å². The number of nitrogens with two attached hydrogens (primary N) is 1. The average Bonchev–Trinajstić information content (AvgIpc) is 2.39. The summed E-state index contributed by atoms with van der Waals surface area (Å²) in [7, 11) is 0. The van der Waals surface area contributed by atoms with E-state index in [2.05, 4.69) is 10.6 Å². The molecule has 2 amide bonds. The molecule has 5 nitrogen and oxygen atoms in total. The molecule has 21 heavy (non-hydrogen) atoms. The minimum atomic E-state index is -0.317. The molecule has 118 valence electrons. The number of hydrogen-bond donors (Lipinski definition) is 3. The highest BCUT2D eigenvalue weighted by molar-refractivity contribution is 5.96. The number of carbonyl (C=O) groups is 2. The highest BCUT2D eigenvalue weighted by Gasteiger charge is 2.17. The summed E-state index contributed by atoms with van der Waals surface area (Å²) in [6.45, 7) is 7.31. The molecular formula is C15H24ClN3O2. The molecule has 0 radical (unpaired) electrons. The Morgan fingerprint density at radius 1 is 1.19 bits per heavy atom. The highest BCUT2D eigenvalue weighted by atomic mass is 35.5. The summed E-state index contributed by atoms with van der Waals surface area (Å²) in [6.07, 6.45) is 0. The van der Waals surface area contributed by atoms with E-state index < -0.39 is 0 Å². The van der Waals surface area contributed by atoms with Crippen molar-refractivity contribution in [3.63, 3.8) is 0 Å². The zero-order chi connectivity index (χ0) is 15.3. The lowest BCUT2D eigenvalue weighted by Crippen LogP contribution is -2.41. The van der Waals surface area contributed by atoms with Crippen LogP contribution in [0.2, 0.25) is 0 Å². The van der Waals surface area contributed by atoms with Crippen molar-refractivity contribution in [1.82, 2.24) is 5.32 Å². The van der Waals surface area contributed by atoms with Gasteiger partial charge in [-0.1, -0.05) is 25.1 Å². The van der Waals surface area contributed by atoms with E-state index in [0.717, 1.165) is 16.8 Å². The van der Waals surface area contributed by atoms with Crippen molar-refractivity contribution in [2.24, 2.45) is 11.7 Å². The zero-order valence-electron chi connectivity index (χ0n) is 12.9. The average molecular weight is 314 g/mol. The second-order valence-electron chi connectivity index (χ2n) is 5.18. The molecule has 0 bridgehead atoms. The molecule has 0 saturated heterocycles. The Labute approximate surface area is 132 Å². The maximum atomic E-state index is 11.9. The fourth-order valence-electron chi connectivity index (χ4n) is 1.76. The highest BCUT2D eigenvalue weighted by Crippen LogP contribution is 2.18. The maximum absolute atomic E-state index is 11.9. The molecule has 1 aromatic carbocycles. The lowest BCUT2D eigenvalue weighted by molar-refractivity contribution is -0.127. The first-order valence-electron chi connectivity index (χ1n) is 6.72. The fraction of sp³-hybridized carbons (Fsp3) is 0.467. The molecule has 0 spiro atoms. The van der Waals surface area contributed by atoms with Gasteiger partial charge in [0.15, 0.2) is 0 Å². The topological polar surface area (TPSA) is 84.2 Å². The molecule has 2 atom stereocenters. The van der Waals surface area contributed by atoms with Gasteiger partial charge in [0, 0.05) is 17.6 Å². The van der Waals surface area contributed by atoms with Crippen LogP contribution in [0.5, 0.6) is 0 Å². The molecule has 2 unspecified atom stereocenters. The van der Waals surface area contributed by atoms with E-state index in [1.165, 1.54) is 0 Å². The van der Waals surface area contributed by atoms with Crippen molar-refractivity contribution in [2.75, 3.05) is 11.9 Å². The van der Waals surface area contributed by atoms with Crippen LogP contribution in [0.4, 0.5) is 5.69 Å². The lowest BCUT2D eigenvalue weighted by atomic mass is 10.0. The Hall–Kier alpha value is -1.59. The van der Waals surface area contributed by atoms with Crippen LogP contribution >= 0.6 is 12.4 Å². The third-order valence-electron chi connectivity index (χ3n) is 3.37. The molecule has 0 saturated carbocycles. The third kappa shape index (κ3) is 5.73. The SMILES string of the molecule is Cc1cccc(C)c1NC(=O)CNC(=O)C(C)C(C)N.Cl. The van der Waals surface area contributed by atoms with Gasteiger partial charge in [-0.2, -0.15) is 0 Å². The van der Waals surface area contributed by atoms with Crippen LogP contribution in [-0.4, -0.2) is 24.4 Å². The van der Waals surface area contributed by atoms with Crippen LogP contribution in [0.3, 0.4) is 0 Å². The van der Waals surface area contributed by atoms with E-state index >= 15 is 0 Å². The van der Waals surface area contributed by atoms with Gasteiger partial charge < -0.3 is 16.4 Å². The van der Waals surface area contributed by atoms with Gasteiger partial charge in [-0.15, -0.1) is 12.4 Å². The number of halogens is 1. The maximum Gasteiger partial charge on any atom is 0.243 e. The normalized spacial score (nSPS) is 12.8. The summed E-state index contributed by atoms with van der Waals surface area (Å²) in [5.74, 6) is -0.771. The number of anilines is 1. The van der Waals surface area contributed by atoms with Crippen LogP contribution in [0.25, 0.3) is 0 Å². The van der Waals surface area contributed by atoms with E-state index in [4.69, 9.17) is 5.73 Å². The van der Waals surface area contributed by atoms with Gasteiger partial charge in [-0.05, 0) is 31.9 Å². The van der Waals surface area contributed by atoms with Gasteiger partial charge >= 0.3 is 0 Å². The van der Waals surface area contributed by atoms with Crippen LogP contribution in [0.15, 0.2) is 18.2 Å². The molecule has 0 aliphatic heterocycles. The Morgan fingerprint density at radius 3 is 2.19 bits per heavy atom. The van der Waals surface area contributed by atoms with Crippen molar-refractivity contribution in [1.29, 1.82) is 0 Å². The molecule has 6 heteroatoms. The van der Waals surface area contributed by atoms with Gasteiger partial charge in [0.1, 0.15) is 0 Å². The van der Waals surface area contributed by atoms with Gasteiger partial charge in [0.2, 0.25) is 11.8 Å². The van der Waals surface area contributed by atoms with Crippen LogP contribution in [0.1, 0.15) is 25.0 Å². The summed E-state index contributed by atoms with van der Waals surface area (Å²) < 4.78 is 0. The predicted molar refractivity (Wildman–Crippen MR) is 87.6 cm³/mol. The van der Waals surface area contributed by atoms with Gasteiger partial charge in [-0.3, -0.25) is 9.59 Å². The van der Waals surface area contributed by atoms with Crippen molar-refractivity contribution >= 4 is 29.9 Å². The van der Waals surface area contributed by atoms with Crippen molar-refractivity contribution < 1.29 is 9.59 Å². The summed E-state index contributed by atoms with van der Waals surface area (Å²) in [5.41, 5.74) is 8.43. The van der Waals surface area contributed by atoms with Crippen LogP contribution in [-0.2, 0) is 9.59 Å². The van der Waals surface area contributed by atoms with Gasteiger partial charge in [0.05, 0.1) is 6.54 Å². The van der Waals surface area contributed by atoms with Gasteiger partial charge in [0.25, 0.3) is 0 Å². The molecular weight excluding hydrogens is 290 g/mol. The van der Waals surface area contributed by atoms with Crippen molar-refractivity contribution in [3.8, 4) is 0 Å². The van der Waals surface area contributed by atoms with E-state index in [-0.39, 0.29) is 42.7 Å². The first-order valence-corrected chi connectivity index (χ1v) is 6.72. The smallest absolute Gasteiger partial charge is 0.243 e. The zero-order valence-corrected chi connectivity index (χ0v) is 13.7. The lowest BCUT2D eigenvalue weighted by Gasteiger charge is -2.16. The molecule has 0 aromatic heterocycles. The number of nitrogens with one attached hydrogen (secondary N) is 2. The first kappa shape index (κ1) is 19.4. The Balaban J connectivity index is 0.00000400. The second-order valence-corrected chi connectivity index (χ2v) is 5.18. The van der Waals surface area contributed by atoms with Crippen LogP contribution in [0, 0.1) is 19.8 Å². The quantitative estimate of drug-likeness (QED) is 0.774. The van der Waals surface area contributed by atoms with E-state index in [1.807, 2.05) is 32.0 Å². The summed E-state index contributed by atoms with van der Waals surface area (Å²) in [4.78, 5) is 23.6. The Kier molecular flexibility index (Phi) is 7.99. The number of amides is 2. The minimum absolute atomic E-state index is 0. The van der Waals surface area contributed by atoms with E-state index in [1.54, 1.807) is 13.8 Å². The number of para-hydroxylation sites is 1. The minimum Gasteiger partial charge on any atom is -0.347 e. The third-order valence-corrected chi connectivity index (χ3v) is 3.37. The number of benzene rings is 1. The molecule has 1 rings (SSSR count). The predicted octanol–water partition coefficient (Wildman–Crippen LogP) is 1.76. The molecule has 1 aromatic rings. The molecule has 0 heterocycles. The Morgan fingerprint density at radius 2 is 1.71 bits per heavy atom. The number of aryl methyl sites for hydroxylation is 2. The molecule has 0 aliphatic rings. The molecule has 0 aliphatic carbocycles. The summed E-state index contributed by atoms with van der Waals surface area (Å²) in [6, 6.07) is 5.56. The largest absolute Gasteiger partial charge is 0.347 e. The number of carbonyl (C=O) groups excluding carboxylic acids is 2. The van der Waals surface area contributed by atoms with Gasteiger partial charge in [-0.25, -0.2) is 0 Å². The molecule has 0 fully saturated rings. The van der Waals surface area contributed by atoms with Crippen molar-refractivity contribution in [3.05, 3.63) is 29.3 Å². The first-order chi connectivity index (χ1) is 9.32. The number of hydrogen-bond acceptors (Lipinski definition) is 3. The molecule has 4 N–H and O–H groups in total. The monoisotopic (exact) mass is 313 g/mol. The van der Waals surface area contributed by atoms with E-state index in [9.17, 15) is 9.59 Å². The Bertz CT molecular complexity index is 483. The summed E-state index contributed by atoms with van der Waals surface area (Å²) in [5, 5.41) is 5.41. The standard InChI is InChI=1S/C15H23N3O2.ClH/c1-9-6-5-7-10(2)14(9)18-13(19)8-17-15(20)11(3)12(4)16;/h5-7,11-12H,8,16H2,1-4H3,(H,17,20)(H,18,19);1H. The van der Waals surface area contributed by atoms with E-state index in [0.29, 0.717) is 0 Å². The van der Waals surface area contributed by atoms with Crippen LogP contribution < -0.4 is 16.4 Å². The summed E-state index contributed by atoms with van der Waals surface area (Å²) >= 11 is 0. The second kappa shape index (κ2) is 8.64. The number of rotatable bonds is 5.